The van der Waals surface area contributed by atoms with Gasteiger partial charge in [0.1, 0.15) is 6.67 Å². The average Bonchev–Trinajstić information content (AvgIpc) is 2.15. The first-order valence-electron chi connectivity index (χ1n) is 3.98. The van der Waals surface area contributed by atoms with Crippen molar-refractivity contribution in [3.63, 3.8) is 0 Å². The number of aromatic carboxylic acids is 1. The van der Waals surface area contributed by atoms with Crippen molar-refractivity contribution in [2.45, 2.75) is 0 Å². The molecular formula is C9H9ClFNO2. The van der Waals surface area contributed by atoms with E-state index < -0.39 is 12.6 Å². The second-order valence-corrected chi connectivity index (χ2v) is 3.05. The zero-order chi connectivity index (χ0) is 10.6. The number of carboxylic acids is 1. The molecule has 0 aromatic heterocycles. The lowest BCUT2D eigenvalue weighted by Crippen LogP contribution is -2.08. The number of anilines is 1. The smallest absolute Gasteiger partial charge is 0.337 e. The van der Waals surface area contributed by atoms with Gasteiger partial charge in [-0.2, -0.15) is 0 Å². The first kappa shape index (κ1) is 10.8. The van der Waals surface area contributed by atoms with Crippen LogP contribution in [-0.2, 0) is 0 Å². The number of rotatable bonds is 4. The molecular weight excluding hydrogens is 209 g/mol. The molecule has 0 amide bonds. The third-order valence-corrected chi connectivity index (χ3v) is 1.86. The van der Waals surface area contributed by atoms with Crippen molar-refractivity contribution in [1.82, 2.24) is 0 Å². The Morgan fingerprint density at radius 2 is 2.29 bits per heavy atom. The zero-order valence-corrected chi connectivity index (χ0v) is 8.01. The van der Waals surface area contributed by atoms with Crippen molar-refractivity contribution in [3.05, 3.63) is 28.8 Å². The molecule has 76 valence electrons. The highest BCUT2D eigenvalue weighted by atomic mass is 35.5. The maximum atomic E-state index is 11.9. The van der Waals surface area contributed by atoms with Gasteiger partial charge in [0.25, 0.3) is 0 Å². The molecule has 0 bridgehead atoms. The van der Waals surface area contributed by atoms with E-state index >= 15 is 0 Å². The van der Waals surface area contributed by atoms with Crippen LogP contribution in [-0.4, -0.2) is 24.3 Å². The third-order valence-electron chi connectivity index (χ3n) is 1.62. The lowest BCUT2D eigenvalue weighted by Gasteiger charge is -2.07. The Labute approximate surface area is 85.5 Å². The van der Waals surface area contributed by atoms with Crippen molar-refractivity contribution in [2.24, 2.45) is 0 Å². The highest BCUT2D eigenvalue weighted by Gasteiger charge is 2.09. The standard InChI is InChI=1S/C9H9ClFNO2/c10-6-1-2-8(12-4-3-11)7(5-6)9(13)14/h1-2,5,12H,3-4H2,(H,13,14). The normalized spacial score (nSPS) is 9.86. The summed E-state index contributed by atoms with van der Waals surface area (Å²) in [7, 11) is 0. The Balaban J connectivity index is 2.96. The molecule has 0 saturated carbocycles. The van der Waals surface area contributed by atoms with Gasteiger partial charge in [0, 0.05) is 17.3 Å². The Hall–Kier alpha value is -1.29. The summed E-state index contributed by atoms with van der Waals surface area (Å²) in [6.45, 7) is -0.469. The highest BCUT2D eigenvalue weighted by molar-refractivity contribution is 6.31. The molecule has 0 unspecified atom stereocenters. The van der Waals surface area contributed by atoms with Gasteiger partial charge in [0.05, 0.1) is 5.56 Å². The van der Waals surface area contributed by atoms with Crippen LogP contribution in [0.4, 0.5) is 10.1 Å². The van der Waals surface area contributed by atoms with Crippen LogP contribution in [0.15, 0.2) is 18.2 Å². The Kier molecular flexibility index (Phi) is 3.71. The van der Waals surface area contributed by atoms with Gasteiger partial charge in [0.15, 0.2) is 0 Å². The summed E-state index contributed by atoms with van der Waals surface area (Å²) in [5.74, 6) is -1.09. The van der Waals surface area contributed by atoms with Gasteiger partial charge < -0.3 is 10.4 Å². The number of carbonyl (C=O) groups is 1. The maximum Gasteiger partial charge on any atom is 0.337 e. The molecule has 0 aliphatic heterocycles. The van der Waals surface area contributed by atoms with Crippen LogP contribution in [0.3, 0.4) is 0 Å². The summed E-state index contributed by atoms with van der Waals surface area (Å²) in [6.07, 6.45) is 0. The van der Waals surface area contributed by atoms with E-state index in [4.69, 9.17) is 16.7 Å². The monoisotopic (exact) mass is 217 g/mol. The first-order valence-corrected chi connectivity index (χ1v) is 4.35. The molecule has 2 N–H and O–H groups in total. The Morgan fingerprint density at radius 3 is 2.86 bits per heavy atom. The first-order chi connectivity index (χ1) is 6.65. The van der Waals surface area contributed by atoms with E-state index in [0.29, 0.717) is 10.7 Å². The minimum atomic E-state index is -1.09. The second-order valence-electron chi connectivity index (χ2n) is 2.61. The molecule has 0 aliphatic rings. The van der Waals surface area contributed by atoms with Gasteiger partial charge in [0.2, 0.25) is 0 Å². The van der Waals surface area contributed by atoms with Crippen LogP contribution in [0.1, 0.15) is 10.4 Å². The van der Waals surface area contributed by atoms with Gasteiger partial charge in [-0.1, -0.05) is 11.6 Å². The third kappa shape index (κ3) is 2.60. The minimum absolute atomic E-state index is 0.0472. The number of benzene rings is 1. The molecule has 1 aromatic carbocycles. The van der Waals surface area contributed by atoms with Crippen molar-refractivity contribution in [3.8, 4) is 0 Å². The summed E-state index contributed by atoms with van der Waals surface area (Å²) in [4.78, 5) is 10.7. The molecule has 0 radical (unpaired) electrons. The Morgan fingerprint density at radius 1 is 1.57 bits per heavy atom. The van der Waals surface area contributed by atoms with E-state index in [2.05, 4.69) is 5.32 Å². The van der Waals surface area contributed by atoms with E-state index in [9.17, 15) is 9.18 Å². The number of hydrogen-bond acceptors (Lipinski definition) is 2. The molecule has 0 saturated heterocycles. The van der Waals surface area contributed by atoms with Crippen LogP contribution in [0.5, 0.6) is 0 Å². The van der Waals surface area contributed by atoms with Crippen molar-refractivity contribution in [1.29, 1.82) is 0 Å². The molecule has 1 aromatic rings. The molecule has 1 rings (SSSR count). The summed E-state index contributed by atoms with van der Waals surface area (Å²) in [5.41, 5.74) is 0.422. The zero-order valence-electron chi connectivity index (χ0n) is 7.26. The lowest BCUT2D eigenvalue weighted by atomic mass is 10.2. The number of alkyl halides is 1. The molecule has 14 heavy (non-hydrogen) atoms. The summed E-state index contributed by atoms with van der Waals surface area (Å²) >= 11 is 5.63. The Bertz CT molecular complexity index is 344. The minimum Gasteiger partial charge on any atom is -0.478 e. The van der Waals surface area contributed by atoms with E-state index in [1.807, 2.05) is 0 Å². The number of carboxylic acid groups (broad SMARTS) is 1. The molecule has 0 heterocycles. The van der Waals surface area contributed by atoms with E-state index in [1.54, 1.807) is 6.07 Å². The van der Waals surface area contributed by atoms with Gasteiger partial charge in [-0.05, 0) is 18.2 Å². The largest absolute Gasteiger partial charge is 0.478 e. The van der Waals surface area contributed by atoms with Crippen molar-refractivity contribution < 1.29 is 14.3 Å². The van der Waals surface area contributed by atoms with Crippen molar-refractivity contribution >= 4 is 23.3 Å². The van der Waals surface area contributed by atoms with Gasteiger partial charge in [-0.25, -0.2) is 9.18 Å². The fourth-order valence-electron chi connectivity index (χ4n) is 1.03. The molecule has 0 atom stereocenters. The van der Waals surface area contributed by atoms with Crippen LogP contribution < -0.4 is 5.32 Å². The molecule has 5 heteroatoms. The number of nitrogens with one attached hydrogen (secondary N) is 1. The predicted molar refractivity (Wildman–Crippen MR) is 52.9 cm³/mol. The van der Waals surface area contributed by atoms with Crippen LogP contribution in [0, 0.1) is 0 Å². The maximum absolute atomic E-state index is 11.9. The van der Waals surface area contributed by atoms with E-state index in [0.717, 1.165) is 0 Å². The highest BCUT2D eigenvalue weighted by Crippen LogP contribution is 2.20. The molecule has 3 nitrogen and oxygen atoms in total. The molecule has 0 spiro atoms. The summed E-state index contributed by atoms with van der Waals surface area (Å²) < 4.78 is 11.9. The van der Waals surface area contributed by atoms with Crippen LogP contribution in [0.2, 0.25) is 5.02 Å². The van der Waals surface area contributed by atoms with Gasteiger partial charge >= 0.3 is 5.97 Å². The summed E-state index contributed by atoms with van der Waals surface area (Å²) in [6, 6.07) is 4.39. The fourth-order valence-corrected chi connectivity index (χ4v) is 1.20. The van der Waals surface area contributed by atoms with Gasteiger partial charge in [-0.15, -0.1) is 0 Å². The van der Waals surface area contributed by atoms with Gasteiger partial charge in [-0.3, -0.25) is 0 Å². The lowest BCUT2D eigenvalue weighted by molar-refractivity contribution is 0.0698. The van der Waals surface area contributed by atoms with E-state index in [-0.39, 0.29) is 12.1 Å². The molecule has 0 fully saturated rings. The second kappa shape index (κ2) is 4.81. The predicted octanol–water partition coefficient (Wildman–Crippen LogP) is 2.42. The quantitative estimate of drug-likeness (QED) is 0.814. The van der Waals surface area contributed by atoms with E-state index in [1.165, 1.54) is 12.1 Å². The average molecular weight is 218 g/mol. The number of hydrogen-bond donors (Lipinski definition) is 2. The fraction of sp³-hybridized carbons (Fsp3) is 0.222. The topological polar surface area (TPSA) is 49.3 Å². The molecule has 0 aliphatic carbocycles. The van der Waals surface area contributed by atoms with Crippen molar-refractivity contribution in [2.75, 3.05) is 18.5 Å². The van der Waals surface area contributed by atoms with Crippen LogP contribution >= 0.6 is 11.6 Å². The SMILES string of the molecule is O=C(O)c1cc(Cl)ccc1NCCF. The number of halogens is 2. The summed E-state index contributed by atoms with van der Waals surface area (Å²) in [5, 5.41) is 11.8. The van der Waals surface area contributed by atoms with Crippen LogP contribution in [0.25, 0.3) is 0 Å².